The summed E-state index contributed by atoms with van der Waals surface area (Å²) in [6.07, 6.45) is 2.32. The van der Waals surface area contributed by atoms with Gasteiger partial charge in [-0.15, -0.1) is 0 Å². The third kappa shape index (κ3) is 3.72. The van der Waals surface area contributed by atoms with Gasteiger partial charge in [0.2, 0.25) is 0 Å². The zero-order valence-corrected chi connectivity index (χ0v) is 11.1. The van der Waals surface area contributed by atoms with Gasteiger partial charge in [-0.05, 0) is 37.1 Å². The Labute approximate surface area is 112 Å². The van der Waals surface area contributed by atoms with E-state index in [-0.39, 0.29) is 6.04 Å². The van der Waals surface area contributed by atoms with Gasteiger partial charge in [0.1, 0.15) is 18.1 Å². The van der Waals surface area contributed by atoms with Crippen molar-refractivity contribution in [1.82, 2.24) is 5.16 Å². The molecule has 0 radical (unpaired) electrons. The number of nitrogens with zero attached hydrogens (tertiary/aromatic N) is 1. The lowest BCUT2D eigenvalue weighted by atomic mass is 10.1. The molecule has 0 fully saturated rings. The highest BCUT2D eigenvalue weighted by Gasteiger charge is 2.09. The fourth-order valence-electron chi connectivity index (χ4n) is 1.80. The Balaban J connectivity index is 2.13. The van der Waals surface area contributed by atoms with Gasteiger partial charge >= 0.3 is 0 Å². The van der Waals surface area contributed by atoms with E-state index < -0.39 is 0 Å². The molecular weight excluding hydrogens is 244 g/mol. The number of ether oxygens (including phenoxy) is 2. The molecule has 2 rings (SSSR count). The predicted octanol–water partition coefficient (Wildman–Crippen LogP) is 2.15. The molecule has 1 aromatic carbocycles. The Hall–Kier alpha value is -2.01. The van der Waals surface area contributed by atoms with E-state index in [1.54, 1.807) is 19.4 Å². The first-order valence-corrected chi connectivity index (χ1v) is 6.14. The van der Waals surface area contributed by atoms with Crippen LogP contribution >= 0.6 is 0 Å². The van der Waals surface area contributed by atoms with Crippen LogP contribution in [-0.4, -0.2) is 18.3 Å². The van der Waals surface area contributed by atoms with Crippen LogP contribution in [0.5, 0.6) is 11.5 Å². The van der Waals surface area contributed by atoms with E-state index in [2.05, 4.69) is 5.16 Å². The van der Waals surface area contributed by atoms with Crippen molar-refractivity contribution in [2.75, 3.05) is 7.11 Å². The lowest BCUT2D eigenvalue weighted by molar-refractivity contribution is 0.247. The number of hydrogen-bond donors (Lipinski definition) is 1. The van der Waals surface area contributed by atoms with E-state index in [0.717, 1.165) is 23.5 Å². The van der Waals surface area contributed by atoms with Crippen LogP contribution in [0.15, 0.2) is 35.0 Å². The van der Waals surface area contributed by atoms with Gasteiger partial charge in [0.25, 0.3) is 0 Å². The summed E-state index contributed by atoms with van der Waals surface area (Å²) < 4.78 is 16.0. The van der Waals surface area contributed by atoms with Crippen molar-refractivity contribution in [1.29, 1.82) is 0 Å². The number of aromatic nitrogens is 1. The van der Waals surface area contributed by atoms with E-state index in [4.69, 9.17) is 19.7 Å². The number of hydrogen-bond acceptors (Lipinski definition) is 5. The minimum Gasteiger partial charge on any atom is -0.497 e. The number of benzene rings is 1. The zero-order valence-electron chi connectivity index (χ0n) is 11.1. The summed E-state index contributed by atoms with van der Waals surface area (Å²) in [7, 11) is 1.64. The van der Waals surface area contributed by atoms with Crippen LogP contribution in [0.25, 0.3) is 0 Å². The normalized spacial score (nSPS) is 12.2. The summed E-state index contributed by atoms with van der Waals surface area (Å²) in [6, 6.07) is 7.51. The summed E-state index contributed by atoms with van der Waals surface area (Å²) in [5.41, 5.74) is 6.87. The average molecular weight is 262 g/mol. The zero-order chi connectivity index (χ0) is 13.7. The topological polar surface area (TPSA) is 70.5 Å². The molecule has 0 aliphatic heterocycles. The van der Waals surface area contributed by atoms with Crippen molar-refractivity contribution in [2.24, 2.45) is 5.73 Å². The van der Waals surface area contributed by atoms with Gasteiger partial charge in [-0.25, -0.2) is 0 Å². The lowest BCUT2D eigenvalue weighted by Gasteiger charge is -2.13. The first-order valence-electron chi connectivity index (χ1n) is 6.14. The fourth-order valence-corrected chi connectivity index (χ4v) is 1.80. The smallest absolute Gasteiger partial charge is 0.174 e. The Morgan fingerprint density at radius 1 is 1.37 bits per heavy atom. The van der Waals surface area contributed by atoms with E-state index in [1.807, 2.05) is 25.1 Å². The highest BCUT2D eigenvalue weighted by Crippen LogP contribution is 2.26. The van der Waals surface area contributed by atoms with E-state index in [9.17, 15) is 0 Å². The molecular formula is C14H18N2O3. The molecule has 0 spiro atoms. The molecule has 5 nitrogen and oxygen atoms in total. The fraction of sp³-hybridized carbons (Fsp3) is 0.357. The molecule has 1 atom stereocenters. The van der Waals surface area contributed by atoms with Crippen LogP contribution in [0, 0.1) is 0 Å². The van der Waals surface area contributed by atoms with Crippen LogP contribution < -0.4 is 15.2 Å². The van der Waals surface area contributed by atoms with Crippen LogP contribution in [0.3, 0.4) is 0 Å². The maximum absolute atomic E-state index is 5.85. The summed E-state index contributed by atoms with van der Waals surface area (Å²) >= 11 is 0. The molecule has 1 aromatic heterocycles. The maximum atomic E-state index is 5.85. The van der Waals surface area contributed by atoms with Crippen molar-refractivity contribution < 1.29 is 14.0 Å². The lowest BCUT2D eigenvalue weighted by Crippen LogP contribution is -2.18. The highest BCUT2D eigenvalue weighted by atomic mass is 16.5. The minimum absolute atomic E-state index is 0.0553. The second-order valence-corrected chi connectivity index (χ2v) is 4.42. The van der Waals surface area contributed by atoms with Crippen molar-refractivity contribution in [3.05, 3.63) is 41.8 Å². The molecule has 2 aromatic rings. The standard InChI is InChI=1S/C14H18N2O3/c1-10(15)7-11-8-12(17-2)3-4-14(11)18-9-13-5-6-16-19-13/h3-6,8,10H,7,9,15H2,1-2H3. The number of nitrogens with two attached hydrogens (primary N) is 1. The van der Waals surface area contributed by atoms with Crippen molar-refractivity contribution >= 4 is 0 Å². The molecule has 0 amide bonds. The molecule has 1 unspecified atom stereocenters. The highest BCUT2D eigenvalue weighted by molar-refractivity contribution is 5.40. The van der Waals surface area contributed by atoms with Crippen LogP contribution in [0.4, 0.5) is 0 Å². The summed E-state index contributed by atoms with van der Waals surface area (Å²) in [5, 5.41) is 3.64. The molecule has 5 heteroatoms. The molecule has 2 N–H and O–H groups in total. The Morgan fingerprint density at radius 3 is 2.84 bits per heavy atom. The van der Waals surface area contributed by atoms with Crippen molar-refractivity contribution in [3.8, 4) is 11.5 Å². The van der Waals surface area contributed by atoms with Crippen molar-refractivity contribution in [2.45, 2.75) is 26.0 Å². The van der Waals surface area contributed by atoms with Gasteiger partial charge in [0.05, 0.1) is 13.3 Å². The molecule has 102 valence electrons. The van der Waals surface area contributed by atoms with E-state index in [1.165, 1.54) is 0 Å². The summed E-state index contributed by atoms with van der Waals surface area (Å²) in [5.74, 6) is 2.26. The molecule has 0 aliphatic carbocycles. The van der Waals surface area contributed by atoms with Gasteiger partial charge in [-0.3, -0.25) is 0 Å². The van der Waals surface area contributed by atoms with Crippen LogP contribution in [0.1, 0.15) is 18.2 Å². The molecule has 0 saturated carbocycles. The quantitative estimate of drug-likeness (QED) is 0.863. The predicted molar refractivity (Wildman–Crippen MR) is 71.2 cm³/mol. The van der Waals surface area contributed by atoms with Gasteiger partial charge in [0.15, 0.2) is 5.76 Å². The summed E-state index contributed by atoms with van der Waals surface area (Å²) in [6.45, 7) is 2.30. The first-order chi connectivity index (χ1) is 9.19. The van der Waals surface area contributed by atoms with Gasteiger partial charge in [-0.2, -0.15) is 0 Å². The SMILES string of the molecule is COc1ccc(OCc2ccno2)c(CC(C)N)c1. The molecule has 0 saturated heterocycles. The third-order valence-corrected chi connectivity index (χ3v) is 2.67. The van der Waals surface area contributed by atoms with Gasteiger partial charge in [0, 0.05) is 12.1 Å². The monoisotopic (exact) mass is 262 g/mol. The van der Waals surface area contributed by atoms with Gasteiger partial charge in [-0.1, -0.05) is 5.16 Å². The second kappa shape index (κ2) is 6.24. The maximum Gasteiger partial charge on any atom is 0.174 e. The van der Waals surface area contributed by atoms with Gasteiger partial charge < -0.3 is 19.7 Å². The van der Waals surface area contributed by atoms with Crippen LogP contribution in [-0.2, 0) is 13.0 Å². The van der Waals surface area contributed by atoms with Crippen LogP contribution in [0.2, 0.25) is 0 Å². The van der Waals surface area contributed by atoms with E-state index >= 15 is 0 Å². The average Bonchev–Trinajstić information content (AvgIpc) is 2.89. The first kappa shape index (κ1) is 13.4. The minimum atomic E-state index is 0.0553. The Kier molecular flexibility index (Phi) is 4.41. The molecule has 1 heterocycles. The van der Waals surface area contributed by atoms with E-state index in [0.29, 0.717) is 12.4 Å². The Bertz CT molecular complexity index is 509. The molecule has 0 aliphatic rings. The Morgan fingerprint density at radius 2 is 2.21 bits per heavy atom. The largest absolute Gasteiger partial charge is 0.497 e. The number of methoxy groups -OCH3 is 1. The number of rotatable bonds is 6. The molecule has 0 bridgehead atoms. The summed E-state index contributed by atoms with van der Waals surface area (Å²) in [4.78, 5) is 0. The second-order valence-electron chi connectivity index (χ2n) is 4.42. The molecule has 19 heavy (non-hydrogen) atoms. The van der Waals surface area contributed by atoms with Crippen molar-refractivity contribution in [3.63, 3.8) is 0 Å². The third-order valence-electron chi connectivity index (χ3n) is 2.67.